The van der Waals surface area contributed by atoms with Crippen LogP contribution in [-0.4, -0.2) is 40.0 Å². The summed E-state index contributed by atoms with van der Waals surface area (Å²) in [7, 11) is -3.66. The molecule has 0 spiro atoms. The van der Waals surface area contributed by atoms with E-state index in [4.69, 9.17) is 4.74 Å². The average Bonchev–Trinajstić information content (AvgIpc) is 2.93. The van der Waals surface area contributed by atoms with Gasteiger partial charge in [-0.25, -0.2) is 18.0 Å². The van der Waals surface area contributed by atoms with Gasteiger partial charge in [0.2, 0.25) is 10.0 Å². The molecule has 2 aromatic rings. The molecule has 0 fully saturated rings. The number of ether oxygens (including phenoxy) is 1. The quantitative estimate of drug-likeness (QED) is 0.553. The number of nitrogens with one attached hydrogen (secondary N) is 1. The van der Waals surface area contributed by atoms with E-state index in [1.807, 2.05) is 6.92 Å². The van der Waals surface area contributed by atoms with E-state index < -0.39 is 21.8 Å². The predicted molar refractivity (Wildman–Crippen MR) is 100 cm³/mol. The molecule has 142 valence electrons. The van der Waals surface area contributed by atoms with E-state index in [1.165, 1.54) is 24.3 Å². The number of rotatable bonds is 8. The van der Waals surface area contributed by atoms with Gasteiger partial charge < -0.3 is 4.74 Å². The van der Waals surface area contributed by atoms with Gasteiger partial charge >= 0.3 is 0 Å². The van der Waals surface area contributed by atoms with Crippen molar-refractivity contribution in [3.05, 3.63) is 59.7 Å². The molecule has 1 aliphatic heterocycles. The standard InChI is InChI=1S/C19H20N2O5S/c1-2-26-13-5-12-20-27(24,25)15-10-8-14(9-11-15)21-18(22)16-6-3-4-7-17(16)19(21)23/h3-4,6-11,20H,2,5,12-13H2,1H3. The summed E-state index contributed by atoms with van der Waals surface area (Å²) in [6, 6.07) is 12.3. The van der Waals surface area contributed by atoms with Gasteiger partial charge in [0, 0.05) is 19.8 Å². The fourth-order valence-corrected chi connectivity index (χ4v) is 3.88. The van der Waals surface area contributed by atoms with Crippen LogP contribution >= 0.6 is 0 Å². The van der Waals surface area contributed by atoms with Crippen molar-refractivity contribution in [2.24, 2.45) is 0 Å². The molecule has 0 bridgehead atoms. The lowest BCUT2D eigenvalue weighted by Crippen LogP contribution is -2.29. The molecule has 2 amide bonds. The maximum atomic E-state index is 12.5. The van der Waals surface area contributed by atoms with Gasteiger partial charge in [-0.15, -0.1) is 0 Å². The van der Waals surface area contributed by atoms with E-state index >= 15 is 0 Å². The van der Waals surface area contributed by atoms with Crippen LogP contribution in [0.5, 0.6) is 0 Å². The SMILES string of the molecule is CCOCCCNS(=O)(=O)c1ccc(N2C(=O)c3ccccc3C2=O)cc1. The van der Waals surface area contributed by atoms with Gasteiger partial charge in [0.25, 0.3) is 11.8 Å². The largest absolute Gasteiger partial charge is 0.382 e. The second-order valence-electron chi connectivity index (χ2n) is 5.93. The van der Waals surface area contributed by atoms with Crippen LogP contribution in [0.1, 0.15) is 34.1 Å². The van der Waals surface area contributed by atoms with Gasteiger partial charge in [0.1, 0.15) is 0 Å². The van der Waals surface area contributed by atoms with Crippen molar-refractivity contribution in [1.82, 2.24) is 4.72 Å². The number of fused-ring (bicyclic) bond motifs is 1. The minimum atomic E-state index is -3.66. The number of sulfonamides is 1. The van der Waals surface area contributed by atoms with Gasteiger partial charge in [0.15, 0.2) is 0 Å². The van der Waals surface area contributed by atoms with Crippen LogP contribution in [0.2, 0.25) is 0 Å². The number of anilines is 1. The van der Waals surface area contributed by atoms with Crippen LogP contribution in [0.4, 0.5) is 5.69 Å². The maximum absolute atomic E-state index is 12.5. The van der Waals surface area contributed by atoms with Crippen molar-refractivity contribution in [3.8, 4) is 0 Å². The van der Waals surface area contributed by atoms with Crippen molar-refractivity contribution in [1.29, 1.82) is 0 Å². The number of hydrogen-bond acceptors (Lipinski definition) is 5. The maximum Gasteiger partial charge on any atom is 0.266 e. The first-order valence-electron chi connectivity index (χ1n) is 8.61. The molecule has 0 unspecified atom stereocenters. The van der Waals surface area contributed by atoms with Crippen molar-refractivity contribution in [2.45, 2.75) is 18.2 Å². The zero-order valence-corrected chi connectivity index (χ0v) is 15.7. The molecule has 27 heavy (non-hydrogen) atoms. The molecular formula is C19H20N2O5S. The molecule has 0 saturated heterocycles. The Morgan fingerprint density at radius 1 is 0.963 bits per heavy atom. The van der Waals surface area contributed by atoms with Gasteiger partial charge in [-0.1, -0.05) is 12.1 Å². The Bertz CT molecular complexity index is 919. The Hall–Kier alpha value is -2.55. The first-order chi connectivity index (χ1) is 13.0. The number of imide groups is 1. The molecule has 1 N–H and O–H groups in total. The highest BCUT2D eigenvalue weighted by atomic mass is 32.2. The predicted octanol–water partition coefficient (Wildman–Crippen LogP) is 2.19. The summed E-state index contributed by atoms with van der Waals surface area (Å²) in [5.41, 5.74) is 1.02. The molecule has 2 aromatic carbocycles. The van der Waals surface area contributed by atoms with Gasteiger partial charge in [-0.3, -0.25) is 9.59 Å². The molecule has 0 aliphatic carbocycles. The summed E-state index contributed by atoms with van der Waals surface area (Å²) in [5, 5.41) is 0. The molecule has 0 aromatic heterocycles. The Kier molecular flexibility index (Phi) is 5.69. The molecule has 0 radical (unpaired) electrons. The first-order valence-corrected chi connectivity index (χ1v) is 10.1. The van der Waals surface area contributed by atoms with Crippen LogP contribution in [0.15, 0.2) is 53.4 Å². The van der Waals surface area contributed by atoms with Crippen LogP contribution in [0.25, 0.3) is 0 Å². The molecule has 0 saturated carbocycles. The van der Waals surface area contributed by atoms with Crippen LogP contribution in [0, 0.1) is 0 Å². The minimum absolute atomic E-state index is 0.0688. The van der Waals surface area contributed by atoms with Crippen molar-refractivity contribution in [3.63, 3.8) is 0 Å². The molecule has 1 aliphatic rings. The minimum Gasteiger partial charge on any atom is -0.382 e. The third-order valence-electron chi connectivity index (χ3n) is 4.16. The Balaban J connectivity index is 1.73. The molecule has 8 heteroatoms. The van der Waals surface area contributed by atoms with Crippen LogP contribution < -0.4 is 9.62 Å². The average molecular weight is 388 g/mol. The van der Waals surface area contributed by atoms with Crippen LogP contribution in [-0.2, 0) is 14.8 Å². The van der Waals surface area contributed by atoms with Gasteiger partial charge in [-0.05, 0) is 49.7 Å². The topological polar surface area (TPSA) is 92.8 Å². The smallest absolute Gasteiger partial charge is 0.266 e. The highest BCUT2D eigenvalue weighted by Crippen LogP contribution is 2.28. The van der Waals surface area contributed by atoms with E-state index in [2.05, 4.69) is 4.72 Å². The number of carbonyl (C=O) groups excluding carboxylic acids is 2. The lowest BCUT2D eigenvalue weighted by molar-refractivity contribution is 0.0926. The second-order valence-corrected chi connectivity index (χ2v) is 7.70. The fourth-order valence-electron chi connectivity index (χ4n) is 2.81. The highest BCUT2D eigenvalue weighted by molar-refractivity contribution is 7.89. The lowest BCUT2D eigenvalue weighted by Gasteiger charge is -2.14. The van der Waals surface area contributed by atoms with E-state index in [1.54, 1.807) is 24.3 Å². The zero-order chi connectivity index (χ0) is 19.4. The van der Waals surface area contributed by atoms with Crippen molar-refractivity contribution < 1.29 is 22.7 Å². The molecule has 7 nitrogen and oxygen atoms in total. The third kappa shape index (κ3) is 3.92. The fraction of sp³-hybridized carbons (Fsp3) is 0.263. The first kappa shape index (κ1) is 19.2. The summed E-state index contributed by atoms with van der Waals surface area (Å²) in [4.78, 5) is 26.1. The van der Waals surface area contributed by atoms with Gasteiger partial charge in [-0.2, -0.15) is 0 Å². The lowest BCUT2D eigenvalue weighted by atomic mass is 10.1. The summed E-state index contributed by atoms with van der Waals surface area (Å²) >= 11 is 0. The Morgan fingerprint density at radius 2 is 1.56 bits per heavy atom. The number of amides is 2. The molecular weight excluding hydrogens is 368 g/mol. The van der Waals surface area contributed by atoms with Crippen molar-refractivity contribution in [2.75, 3.05) is 24.7 Å². The van der Waals surface area contributed by atoms with E-state index in [9.17, 15) is 18.0 Å². The Labute approximate surface area is 158 Å². The normalized spacial score (nSPS) is 13.9. The monoisotopic (exact) mass is 388 g/mol. The summed E-state index contributed by atoms with van der Waals surface area (Å²) in [6.45, 7) is 3.21. The highest BCUT2D eigenvalue weighted by Gasteiger charge is 2.36. The molecule has 1 heterocycles. The second kappa shape index (κ2) is 7.99. The molecule has 0 atom stereocenters. The Morgan fingerprint density at radius 3 is 2.11 bits per heavy atom. The number of nitrogens with zero attached hydrogens (tertiary/aromatic N) is 1. The van der Waals surface area contributed by atoms with E-state index in [-0.39, 0.29) is 11.4 Å². The zero-order valence-electron chi connectivity index (χ0n) is 14.8. The van der Waals surface area contributed by atoms with Gasteiger partial charge in [0.05, 0.1) is 21.7 Å². The summed E-state index contributed by atoms with van der Waals surface area (Å²) in [6.07, 6.45) is 0.570. The van der Waals surface area contributed by atoms with Crippen LogP contribution in [0.3, 0.4) is 0 Å². The number of benzene rings is 2. The van der Waals surface area contributed by atoms with Crippen molar-refractivity contribution >= 4 is 27.5 Å². The van der Waals surface area contributed by atoms with E-state index in [0.29, 0.717) is 36.4 Å². The number of hydrogen-bond donors (Lipinski definition) is 1. The number of carbonyl (C=O) groups is 2. The molecule has 3 rings (SSSR count). The third-order valence-corrected chi connectivity index (χ3v) is 5.64. The summed E-state index contributed by atoms with van der Waals surface area (Å²) < 4.78 is 32.3. The van der Waals surface area contributed by atoms with E-state index in [0.717, 1.165) is 4.90 Å². The summed E-state index contributed by atoms with van der Waals surface area (Å²) in [5.74, 6) is -0.833.